The molecule has 0 saturated carbocycles. The second-order valence-electron chi connectivity index (χ2n) is 9.15. The predicted octanol–water partition coefficient (Wildman–Crippen LogP) is 2.12. The van der Waals surface area contributed by atoms with Crippen molar-refractivity contribution in [1.29, 1.82) is 0 Å². The lowest BCUT2D eigenvalue weighted by molar-refractivity contribution is -0.137. The molecule has 2 fully saturated rings. The van der Waals surface area contributed by atoms with Crippen LogP contribution in [0.4, 0.5) is 4.79 Å². The van der Waals surface area contributed by atoms with Crippen LogP contribution in [0.25, 0.3) is 0 Å². The third-order valence-corrected chi connectivity index (χ3v) is 7.49. The summed E-state index contributed by atoms with van der Waals surface area (Å²) in [6.45, 7) is 7.98. The quantitative estimate of drug-likeness (QED) is 0.631. The van der Waals surface area contributed by atoms with Gasteiger partial charge in [-0.05, 0) is 52.7 Å². The molecular formula is C22H31N3O6S. The Hall–Kier alpha value is -2.46. The molecule has 9 nitrogen and oxygen atoms in total. The maximum absolute atomic E-state index is 13.1. The van der Waals surface area contributed by atoms with Gasteiger partial charge in [-0.2, -0.15) is 4.31 Å². The van der Waals surface area contributed by atoms with Crippen LogP contribution in [0.5, 0.6) is 0 Å². The number of nitrogens with zero attached hydrogens (tertiary/aromatic N) is 3. The summed E-state index contributed by atoms with van der Waals surface area (Å²) in [5, 5.41) is 0. The van der Waals surface area contributed by atoms with Gasteiger partial charge in [-0.3, -0.25) is 14.5 Å². The number of rotatable bonds is 4. The first-order valence-electron chi connectivity index (χ1n) is 10.8. The zero-order chi connectivity index (χ0) is 23.7. The summed E-state index contributed by atoms with van der Waals surface area (Å²) in [5.74, 6) is -0.382. The fraction of sp³-hybridized carbons (Fsp3) is 0.591. The molecule has 0 aromatic heterocycles. The number of ether oxygens (including phenoxy) is 1. The van der Waals surface area contributed by atoms with Crippen LogP contribution in [0.1, 0.15) is 50.9 Å². The topological polar surface area (TPSA) is 104 Å². The Kier molecular flexibility index (Phi) is 6.94. The number of carbonyl (C=O) groups excluding carboxylic acids is 3. The van der Waals surface area contributed by atoms with Crippen molar-refractivity contribution in [3.05, 3.63) is 29.8 Å². The molecular weight excluding hydrogens is 434 g/mol. The number of hydrogen-bond acceptors (Lipinski definition) is 6. The van der Waals surface area contributed by atoms with E-state index in [1.54, 1.807) is 37.8 Å². The van der Waals surface area contributed by atoms with Gasteiger partial charge in [0.1, 0.15) is 11.6 Å². The lowest BCUT2D eigenvalue weighted by Crippen LogP contribution is -2.55. The third-order valence-electron chi connectivity index (χ3n) is 5.59. The van der Waals surface area contributed by atoms with Gasteiger partial charge in [0.15, 0.2) is 5.78 Å². The Bertz CT molecular complexity index is 993. The van der Waals surface area contributed by atoms with E-state index >= 15 is 0 Å². The highest BCUT2D eigenvalue weighted by Crippen LogP contribution is 2.24. The van der Waals surface area contributed by atoms with Crippen molar-refractivity contribution < 1.29 is 27.5 Å². The van der Waals surface area contributed by atoms with Crippen molar-refractivity contribution in [1.82, 2.24) is 14.1 Å². The monoisotopic (exact) mass is 465 g/mol. The summed E-state index contributed by atoms with van der Waals surface area (Å²) in [6, 6.07) is 5.40. The molecule has 2 heterocycles. The van der Waals surface area contributed by atoms with Crippen LogP contribution in [-0.4, -0.2) is 84.7 Å². The second-order valence-corrected chi connectivity index (χ2v) is 11.1. The van der Waals surface area contributed by atoms with Gasteiger partial charge in [-0.25, -0.2) is 13.2 Å². The van der Waals surface area contributed by atoms with Gasteiger partial charge in [0.2, 0.25) is 15.9 Å². The minimum absolute atomic E-state index is 0.0665. The number of sulfonamides is 1. The molecule has 0 aliphatic carbocycles. The van der Waals surface area contributed by atoms with Crippen molar-refractivity contribution in [2.24, 2.45) is 0 Å². The number of benzene rings is 1. The van der Waals surface area contributed by atoms with Crippen LogP contribution in [-0.2, 0) is 19.6 Å². The van der Waals surface area contributed by atoms with Crippen LogP contribution in [0.2, 0.25) is 0 Å². The largest absolute Gasteiger partial charge is 0.444 e. The maximum Gasteiger partial charge on any atom is 0.410 e. The second kappa shape index (κ2) is 9.19. The van der Waals surface area contributed by atoms with Crippen LogP contribution in [0, 0.1) is 0 Å². The van der Waals surface area contributed by atoms with Gasteiger partial charge in [0.25, 0.3) is 0 Å². The third kappa shape index (κ3) is 5.29. The van der Waals surface area contributed by atoms with Gasteiger partial charge in [0.05, 0.1) is 4.90 Å². The predicted molar refractivity (Wildman–Crippen MR) is 118 cm³/mol. The zero-order valence-electron chi connectivity index (χ0n) is 19.0. The summed E-state index contributed by atoms with van der Waals surface area (Å²) >= 11 is 0. The number of Topliss-reactive ketones (excluding diaryl/α,β-unsaturated/α-hetero) is 1. The lowest BCUT2D eigenvalue weighted by atomic mass is 10.1. The fourth-order valence-corrected chi connectivity index (χ4v) is 5.42. The Morgan fingerprint density at radius 2 is 1.69 bits per heavy atom. The molecule has 1 atom stereocenters. The number of carbonyl (C=O) groups is 3. The van der Waals surface area contributed by atoms with E-state index in [9.17, 15) is 22.8 Å². The van der Waals surface area contributed by atoms with Gasteiger partial charge in [-0.1, -0.05) is 12.1 Å². The zero-order valence-corrected chi connectivity index (χ0v) is 19.9. The molecule has 32 heavy (non-hydrogen) atoms. The Morgan fingerprint density at radius 1 is 1.03 bits per heavy atom. The summed E-state index contributed by atoms with van der Waals surface area (Å²) in [4.78, 5) is 40.4. The molecule has 1 aromatic rings. The number of piperazine rings is 1. The van der Waals surface area contributed by atoms with E-state index in [0.29, 0.717) is 18.5 Å². The van der Waals surface area contributed by atoms with Crippen LogP contribution in [0.3, 0.4) is 0 Å². The minimum Gasteiger partial charge on any atom is -0.444 e. The van der Waals surface area contributed by atoms with E-state index in [-0.39, 0.29) is 42.8 Å². The number of likely N-dealkylation sites (tertiary alicyclic amines) is 1. The minimum atomic E-state index is -3.77. The molecule has 10 heteroatoms. The molecule has 0 spiro atoms. The first-order chi connectivity index (χ1) is 14.9. The van der Waals surface area contributed by atoms with Gasteiger partial charge in [-0.15, -0.1) is 0 Å². The first-order valence-corrected chi connectivity index (χ1v) is 12.2. The number of amides is 2. The average molecular weight is 466 g/mol. The van der Waals surface area contributed by atoms with Gasteiger partial charge in [0, 0.05) is 38.3 Å². The number of ketones is 1. The van der Waals surface area contributed by atoms with E-state index in [2.05, 4.69) is 0 Å². The Morgan fingerprint density at radius 3 is 2.28 bits per heavy atom. The average Bonchev–Trinajstić information content (AvgIpc) is 3.22. The van der Waals surface area contributed by atoms with E-state index in [1.807, 2.05) is 0 Å². The van der Waals surface area contributed by atoms with Crippen molar-refractivity contribution >= 4 is 27.8 Å². The van der Waals surface area contributed by atoms with Crippen LogP contribution >= 0.6 is 0 Å². The van der Waals surface area contributed by atoms with Crippen molar-refractivity contribution in [3.8, 4) is 0 Å². The smallest absolute Gasteiger partial charge is 0.410 e. The Balaban J connectivity index is 1.65. The summed E-state index contributed by atoms with van der Waals surface area (Å²) < 4.78 is 32.8. The molecule has 0 radical (unpaired) electrons. The lowest BCUT2D eigenvalue weighted by Gasteiger charge is -2.37. The molecule has 2 aliphatic rings. The van der Waals surface area contributed by atoms with Crippen molar-refractivity contribution in [3.63, 3.8) is 0 Å². The summed E-state index contributed by atoms with van der Waals surface area (Å²) in [7, 11) is -3.77. The van der Waals surface area contributed by atoms with E-state index < -0.39 is 27.8 Å². The molecule has 0 N–H and O–H groups in total. The molecule has 0 unspecified atom stereocenters. The van der Waals surface area contributed by atoms with Crippen molar-refractivity contribution in [2.75, 3.05) is 32.7 Å². The number of hydrogen-bond donors (Lipinski definition) is 0. The van der Waals surface area contributed by atoms with Crippen LogP contribution < -0.4 is 0 Å². The molecule has 2 saturated heterocycles. The van der Waals surface area contributed by atoms with Gasteiger partial charge >= 0.3 is 6.09 Å². The normalized spacial score (nSPS) is 20.3. The fourth-order valence-electron chi connectivity index (χ4n) is 3.95. The molecule has 2 aliphatic heterocycles. The summed E-state index contributed by atoms with van der Waals surface area (Å²) in [6.07, 6.45) is 0.783. The van der Waals surface area contributed by atoms with E-state index in [1.165, 1.54) is 28.3 Å². The SMILES string of the molecule is CC(=O)c1cccc(S(=O)(=O)N2CCN(C(=O)[C@@H]3CCCN3C(=O)OC(C)(C)C)CC2)c1. The molecule has 1 aromatic carbocycles. The Labute approximate surface area is 189 Å². The van der Waals surface area contributed by atoms with E-state index in [4.69, 9.17) is 4.74 Å². The molecule has 2 amide bonds. The van der Waals surface area contributed by atoms with Crippen molar-refractivity contribution in [2.45, 2.75) is 57.1 Å². The molecule has 0 bridgehead atoms. The molecule has 176 valence electrons. The standard InChI is InChI=1S/C22H31N3O6S/c1-16(26)17-7-5-8-18(15-17)32(29,30)24-13-11-23(12-14-24)20(27)19-9-6-10-25(19)21(28)31-22(2,3)4/h5,7-8,15,19H,6,9-14H2,1-4H3/t19-/m0/s1. The molecule has 3 rings (SSSR count). The maximum atomic E-state index is 13.1. The highest BCUT2D eigenvalue weighted by molar-refractivity contribution is 7.89. The van der Waals surface area contributed by atoms with E-state index in [0.717, 1.165) is 6.42 Å². The van der Waals surface area contributed by atoms with Gasteiger partial charge < -0.3 is 9.64 Å². The summed E-state index contributed by atoms with van der Waals surface area (Å²) in [5.41, 5.74) is -0.309. The highest BCUT2D eigenvalue weighted by atomic mass is 32.2. The van der Waals surface area contributed by atoms with Crippen LogP contribution in [0.15, 0.2) is 29.2 Å². The highest BCUT2D eigenvalue weighted by Gasteiger charge is 2.40. The first kappa shape index (κ1) is 24.2.